The normalized spacial score (nSPS) is 10.6. The van der Waals surface area contributed by atoms with Gasteiger partial charge in [-0.2, -0.15) is 10.2 Å². The van der Waals surface area contributed by atoms with Gasteiger partial charge in [0.05, 0.1) is 17.4 Å². The standard InChI is InChI=1S/C15H12FN3/c1-10-2-7-14-13(8-10)15(9-17-19-14)18-12-5-3-11(16)4-6-12/h2-9H,1H3,(H,18,19). The molecule has 94 valence electrons. The fourth-order valence-electron chi connectivity index (χ4n) is 1.96. The highest BCUT2D eigenvalue weighted by atomic mass is 19.1. The van der Waals surface area contributed by atoms with Gasteiger partial charge in [0.1, 0.15) is 5.82 Å². The number of fused-ring (bicyclic) bond motifs is 1. The first-order valence-electron chi connectivity index (χ1n) is 5.97. The molecule has 1 N–H and O–H groups in total. The third-order valence-electron chi connectivity index (χ3n) is 2.92. The average molecular weight is 253 g/mol. The van der Waals surface area contributed by atoms with Gasteiger partial charge in [-0.1, -0.05) is 11.6 Å². The number of halogens is 1. The lowest BCUT2D eigenvalue weighted by Crippen LogP contribution is -1.95. The lowest BCUT2D eigenvalue weighted by Gasteiger charge is -2.09. The molecule has 0 aliphatic rings. The molecule has 0 fully saturated rings. The Bertz CT molecular complexity index is 723. The zero-order chi connectivity index (χ0) is 13.2. The van der Waals surface area contributed by atoms with Gasteiger partial charge in [0, 0.05) is 11.1 Å². The summed E-state index contributed by atoms with van der Waals surface area (Å²) in [6.45, 7) is 2.03. The van der Waals surface area contributed by atoms with Crippen molar-refractivity contribution in [1.29, 1.82) is 0 Å². The monoisotopic (exact) mass is 253 g/mol. The zero-order valence-corrected chi connectivity index (χ0v) is 10.4. The molecule has 3 aromatic rings. The summed E-state index contributed by atoms with van der Waals surface area (Å²) in [5.41, 5.74) is 3.66. The van der Waals surface area contributed by atoms with Crippen molar-refractivity contribution >= 4 is 22.3 Å². The smallest absolute Gasteiger partial charge is 0.123 e. The van der Waals surface area contributed by atoms with Crippen LogP contribution in [-0.4, -0.2) is 10.2 Å². The van der Waals surface area contributed by atoms with E-state index in [4.69, 9.17) is 0 Å². The highest BCUT2D eigenvalue weighted by Gasteiger charge is 2.04. The SMILES string of the molecule is Cc1ccc2nncc(Nc3ccc(F)cc3)c2c1. The molecule has 0 saturated heterocycles. The lowest BCUT2D eigenvalue weighted by molar-refractivity contribution is 0.628. The molecule has 0 aliphatic heterocycles. The first-order chi connectivity index (χ1) is 9.22. The molecule has 0 bridgehead atoms. The van der Waals surface area contributed by atoms with Gasteiger partial charge in [-0.15, -0.1) is 0 Å². The van der Waals surface area contributed by atoms with E-state index in [0.29, 0.717) is 0 Å². The molecule has 2 aromatic carbocycles. The highest BCUT2D eigenvalue weighted by Crippen LogP contribution is 2.25. The van der Waals surface area contributed by atoms with Crippen LogP contribution < -0.4 is 5.32 Å². The summed E-state index contributed by atoms with van der Waals surface area (Å²) in [7, 11) is 0. The second kappa shape index (κ2) is 4.65. The van der Waals surface area contributed by atoms with Crippen LogP contribution in [0.4, 0.5) is 15.8 Å². The number of hydrogen-bond donors (Lipinski definition) is 1. The summed E-state index contributed by atoms with van der Waals surface area (Å²) < 4.78 is 12.9. The van der Waals surface area contributed by atoms with E-state index in [0.717, 1.165) is 27.8 Å². The average Bonchev–Trinajstić information content (AvgIpc) is 2.42. The molecule has 0 atom stereocenters. The molecule has 0 aliphatic carbocycles. The zero-order valence-electron chi connectivity index (χ0n) is 10.4. The molecule has 0 unspecified atom stereocenters. The molecule has 3 rings (SSSR count). The van der Waals surface area contributed by atoms with Crippen LogP contribution >= 0.6 is 0 Å². The number of rotatable bonds is 2. The molecule has 0 saturated carbocycles. The number of aryl methyl sites for hydroxylation is 1. The molecular formula is C15H12FN3. The van der Waals surface area contributed by atoms with Crippen molar-refractivity contribution in [2.75, 3.05) is 5.32 Å². The molecule has 0 radical (unpaired) electrons. The van der Waals surface area contributed by atoms with Gasteiger partial charge in [0.25, 0.3) is 0 Å². The quantitative estimate of drug-likeness (QED) is 0.754. The third kappa shape index (κ3) is 2.38. The predicted octanol–water partition coefficient (Wildman–Crippen LogP) is 3.82. The molecular weight excluding hydrogens is 241 g/mol. The lowest BCUT2D eigenvalue weighted by atomic mass is 10.1. The second-order valence-corrected chi connectivity index (χ2v) is 4.41. The maximum atomic E-state index is 12.9. The summed E-state index contributed by atoms with van der Waals surface area (Å²) in [5, 5.41) is 12.3. The molecule has 0 amide bonds. The van der Waals surface area contributed by atoms with Crippen LogP contribution in [0.2, 0.25) is 0 Å². The van der Waals surface area contributed by atoms with Crippen molar-refractivity contribution in [3.8, 4) is 0 Å². The van der Waals surface area contributed by atoms with Gasteiger partial charge in [-0.25, -0.2) is 4.39 Å². The Morgan fingerprint density at radius 1 is 1.05 bits per heavy atom. The summed E-state index contributed by atoms with van der Waals surface area (Å²) in [6, 6.07) is 12.2. The fraction of sp³-hybridized carbons (Fsp3) is 0.0667. The first kappa shape index (κ1) is 11.6. The second-order valence-electron chi connectivity index (χ2n) is 4.41. The Morgan fingerprint density at radius 2 is 1.84 bits per heavy atom. The third-order valence-corrected chi connectivity index (χ3v) is 2.92. The molecule has 4 heteroatoms. The van der Waals surface area contributed by atoms with Gasteiger partial charge in [0.2, 0.25) is 0 Å². The minimum atomic E-state index is -0.251. The van der Waals surface area contributed by atoms with E-state index < -0.39 is 0 Å². The minimum absolute atomic E-state index is 0.251. The summed E-state index contributed by atoms with van der Waals surface area (Å²) in [5.74, 6) is -0.251. The van der Waals surface area contributed by atoms with Crippen molar-refractivity contribution < 1.29 is 4.39 Å². The highest BCUT2D eigenvalue weighted by molar-refractivity contribution is 5.92. The van der Waals surface area contributed by atoms with E-state index in [1.807, 2.05) is 19.1 Å². The Kier molecular flexibility index (Phi) is 2.83. The van der Waals surface area contributed by atoms with Gasteiger partial charge in [0.15, 0.2) is 0 Å². The van der Waals surface area contributed by atoms with Crippen LogP contribution in [0.25, 0.3) is 10.9 Å². The van der Waals surface area contributed by atoms with Crippen LogP contribution in [0.1, 0.15) is 5.56 Å². The van der Waals surface area contributed by atoms with Crippen molar-refractivity contribution in [3.63, 3.8) is 0 Å². The first-order valence-corrected chi connectivity index (χ1v) is 5.97. The molecule has 0 spiro atoms. The maximum absolute atomic E-state index is 12.9. The Labute approximate surface area is 110 Å². The molecule has 1 heterocycles. The molecule has 19 heavy (non-hydrogen) atoms. The summed E-state index contributed by atoms with van der Waals surface area (Å²) in [4.78, 5) is 0. The minimum Gasteiger partial charge on any atom is -0.354 e. The number of aromatic nitrogens is 2. The van der Waals surface area contributed by atoms with Gasteiger partial charge in [-0.3, -0.25) is 0 Å². The molecule has 1 aromatic heterocycles. The van der Waals surface area contributed by atoms with E-state index in [1.54, 1.807) is 18.3 Å². The van der Waals surface area contributed by atoms with Crippen molar-refractivity contribution in [2.24, 2.45) is 0 Å². The van der Waals surface area contributed by atoms with Crippen LogP contribution in [0.3, 0.4) is 0 Å². The van der Waals surface area contributed by atoms with Crippen molar-refractivity contribution in [2.45, 2.75) is 6.92 Å². The van der Waals surface area contributed by atoms with Crippen LogP contribution in [-0.2, 0) is 0 Å². The number of hydrogen-bond acceptors (Lipinski definition) is 3. The number of anilines is 2. The Balaban J connectivity index is 2.05. The van der Waals surface area contributed by atoms with Gasteiger partial charge >= 0.3 is 0 Å². The van der Waals surface area contributed by atoms with Gasteiger partial charge < -0.3 is 5.32 Å². The van der Waals surface area contributed by atoms with E-state index in [9.17, 15) is 4.39 Å². The largest absolute Gasteiger partial charge is 0.354 e. The van der Waals surface area contributed by atoms with E-state index >= 15 is 0 Å². The van der Waals surface area contributed by atoms with Crippen molar-refractivity contribution in [1.82, 2.24) is 10.2 Å². The van der Waals surface area contributed by atoms with Crippen molar-refractivity contribution in [3.05, 3.63) is 60.0 Å². The number of nitrogens with one attached hydrogen (secondary N) is 1. The fourth-order valence-corrected chi connectivity index (χ4v) is 1.96. The maximum Gasteiger partial charge on any atom is 0.123 e. The number of benzene rings is 2. The molecule has 3 nitrogen and oxygen atoms in total. The predicted molar refractivity (Wildman–Crippen MR) is 74.0 cm³/mol. The van der Waals surface area contributed by atoms with Gasteiger partial charge in [-0.05, 0) is 43.3 Å². The Hall–Kier alpha value is -2.49. The van der Waals surface area contributed by atoms with Crippen LogP contribution in [0, 0.1) is 12.7 Å². The topological polar surface area (TPSA) is 37.8 Å². The van der Waals surface area contributed by atoms with E-state index in [2.05, 4.69) is 21.6 Å². The van der Waals surface area contributed by atoms with E-state index in [1.165, 1.54) is 12.1 Å². The number of nitrogens with zero attached hydrogens (tertiary/aromatic N) is 2. The van der Waals surface area contributed by atoms with Crippen LogP contribution in [0.15, 0.2) is 48.7 Å². The summed E-state index contributed by atoms with van der Waals surface area (Å²) in [6.07, 6.45) is 1.67. The summed E-state index contributed by atoms with van der Waals surface area (Å²) >= 11 is 0. The Morgan fingerprint density at radius 3 is 2.63 bits per heavy atom. The van der Waals surface area contributed by atoms with Crippen LogP contribution in [0.5, 0.6) is 0 Å². The van der Waals surface area contributed by atoms with E-state index in [-0.39, 0.29) is 5.82 Å².